The van der Waals surface area contributed by atoms with Gasteiger partial charge >= 0.3 is 6.09 Å². The first-order valence-electron chi connectivity index (χ1n) is 4.46. The molecule has 0 unspecified atom stereocenters. The van der Waals surface area contributed by atoms with E-state index in [0.717, 1.165) is 0 Å². The third-order valence-electron chi connectivity index (χ3n) is 1.31. The molecule has 5 nitrogen and oxygen atoms in total. The van der Waals surface area contributed by atoms with Gasteiger partial charge in [0.2, 0.25) is 5.95 Å². The lowest BCUT2D eigenvalue weighted by atomic mass is 10.2. The van der Waals surface area contributed by atoms with Crippen molar-refractivity contribution in [1.82, 2.24) is 9.97 Å². The number of amides is 1. The summed E-state index contributed by atoms with van der Waals surface area (Å²) in [6, 6.07) is 0. The SMILES string of the molecule is CC(C)(C)OC(=O)Nc1ncc(I)c(Cl)n1. The van der Waals surface area contributed by atoms with E-state index in [4.69, 9.17) is 16.3 Å². The Labute approximate surface area is 112 Å². The first-order valence-corrected chi connectivity index (χ1v) is 5.91. The number of hydrogen-bond acceptors (Lipinski definition) is 4. The molecule has 0 saturated heterocycles. The molecule has 0 atom stereocenters. The van der Waals surface area contributed by atoms with E-state index in [1.54, 1.807) is 20.8 Å². The van der Waals surface area contributed by atoms with Gasteiger partial charge in [-0.25, -0.2) is 9.78 Å². The molecule has 1 rings (SSSR count). The van der Waals surface area contributed by atoms with Crippen molar-refractivity contribution in [3.05, 3.63) is 14.9 Å². The molecule has 0 saturated carbocycles. The topological polar surface area (TPSA) is 64.1 Å². The van der Waals surface area contributed by atoms with Gasteiger partial charge in [0, 0.05) is 6.20 Å². The summed E-state index contributed by atoms with van der Waals surface area (Å²) in [5.41, 5.74) is -0.558. The van der Waals surface area contributed by atoms with Crippen LogP contribution in [0.1, 0.15) is 20.8 Å². The predicted molar refractivity (Wildman–Crippen MR) is 69.6 cm³/mol. The van der Waals surface area contributed by atoms with Gasteiger partial charge in [0.25, 0.3) is 0 Å². The predicted octanol–water partition coefficient (Wildman–Crippen LogP) is 3.08. The summed E-state index contributed by atoms with van der Waals surface area (Å²) in [7, 11) is 0. The van der Waals surface area contributed by atoms with Crippen LogP contribution in [0.15, 0.2) is 6.20 Å². The molecule has 0 aromatic carbocycles. The van der Waals surface area contributed by atoms with Gasteiger partial charge in [-0.15, -0.1) is 0 Å². The van der Waals surface area contributed by atoms with Gasteiger partial charge in [0.05, 0.1) is 3.57 Å². The van der Waals surface area contributed by atoms with E-state index in [-0.39, 0.29) is 5.95 Å². The number of nitrogens with one attached hydrogen (secondary N) is 1. The van der Waals surface area contributed by atoms with Gasteiger partial charge in [-0.1, -0.05) is 11.6 Å². The standard InChI is InChI=1S/C9H11ClIN3O2/c1-9(2,3)16-8(15)14-7-12-4-5(11)6(10)13-7/h4H,1-3H3,(H,12,13,14,15). The normalized spacial score (nSPS) is 11.1. The third-order valence-corrected chi connectivity index (χ3v) is 2.71. The molecule has 1 aromatic heterocycles. The molecule has 0 aliphatic carbocycles. The number of carbonyl (C=O) groups is 1. The van der Waals surface area contributed by atoms with Crippen LogP contribution >= 0.6 is 34.2 Å². The molecule has 16 heavy (non-hydrogen) atoms. The van der Waals surface area contributed by atoms with E-state index in [1.165, 1.54) is 6.20 Å². The Morgan fingerprint density at radius 2 is 2.19 bits per heavy atom. The van der Waals surface area contributed by atoms with Crippen LogP contribution in [0.5, 0.6) is 0 Å². The van der Waals surface area contributed by atoms with Gasteiger partial charge in [-0.2, -0.15) is 4.98 Å². The minimum Gasteiger partial charge on any atom is -0.444 e. The minimum absolute atomic E-state index is 0.125. The summed E-state index contributed by atoms with van der Waals surface area (Å²) in [5, 5.41) is 2.69. The molecular formula is C9H11ClIN3O2. The average Bonchev–Trinajstić information content (AvgIpc) is 2.08. The second-order valence-electron chi connectivity index (χ2n) is 3.96. The lowest BCUT2D eigenvalue weighted by Crippen LogP contribution is -2.27. The fraction of sp³-hybridized carbons (Fsp3) is 0.444. The van der Waals surface area contributed by atoms with Crippen molar-refractivity contribution in [2.45, 2.75) is 26.4 Å². The number of hydrogen-bond donors (Lipinski definition) is 1. The zero-order chi connectivity index (χ0) is 12.3. The Morgan fingerprint density at radius 1 is 1.56 bits per heavy atom. The van der Waals surface area contributed by atoms with Crippen molar-refractivity contribution >= 4 is 46.2 Å². The minimum atomic E-state index is -0.607. The van der Waals surface area contributed by atoms with Gasteiger partial charge in [0.1, 0.15) is 10.8 Å². The molecule has 1 aromatic rings. The Balaban J connectivity index is 2.67. The fourth-order valence-corrected chi connectivity index (χ4v) is 1.19. The lowest BCUT2D eigenvalue weighted by molar-refractivity contribution is 0.0634. The van der Waals surface area contributed by atoms with Crippen molar-refractivity contribution in [3.8, 4) is 0 Å². The number of halogens is 2. The third kappa shape index (κ3) is 4.48. The van der Waals surface area contributed by atoms with Gasteiger partial charge in [-0.05, 0) is 43.4 Å². The largest absolute Gasteiger partial charge is 0.444 e. The molecule has 0 radical (unpaired) electrons. The van der Waals surface area contributed by atoms with Crippen LogP contribution in [0, 0.1) is 3.57 Å². The number of aromatic nitrogens is 2. The van der Waals surface area contributed by atoms with Crippen LogP contribution < -0.4 is 5.32 Å². The monoisotopic (exact) mass is 355 g/mol. The maximum Gasteiger partial charge on any atom is 0.414 e. The van der Waals surface area contributed by atoms with E-state index < -0.39 is 11.7 Å². The summed E-state index contributed by atoms with van der Waals surface area (Å²) in [4.78, 5) is 19.1. The summed E-state index contributed by atoms with van der Waals surface area (Å²) < 4.78 is 5.75. The van der Waals surface area contributed by atoms with Gasteiger partial charge in [0.15, 0.2) is 0 Å². The van der Waals surface area contributed by atoms with Crippen molar-refractivity contribution < 1.29 is 9.53 Å². The van der Waals surface area contributed by atoms with Gasteiger partial charge < -0.3 is 4.74 Å². The van der Waals surface area contributed by atoms with Gasteiger partial charge in [-0.3, -0.25) is 5.32 Å². The van der Waals surface area contributed by atoms with Crippen LogP contribution in [-0.4, -0.2) is 21.7 Å². The van der Waals surface area contributed by atoms with E-state index >= 15 is 0 Å². The highest BCUT2D eigenvalue weighted by molar-refractivity contribution is 14.1. The second-order valence-corrected chi connectivity index (χ2v) is 5.48. The zero-order valence-corrected chi connectivity index (χ0v) is 12.0. The molecular weight excluding hydrogens is 344 g/mol. The Morgan fingerprint density at radius 3 is 2.69 bits per heavy atom. The number of nitrogens with zero attached hydrogens (tertiary/aromatic N) is 2. The lowest BCUT2D eigenvalue weighted by Gasteiger charge is -2.19. The number of ether oxygens (including phenoxy) is 1. The molecule has 0 aliphatic rings. The van der Waals surface area contributed by atoms with Crippen molar-refractivity contribution in [1.29, 1.82) is 0 Å². The smallest absolute Gasteiger partial charge is 0.414 e. The van der Waals surface area contributed by atoms with Crippen LogP contribution in [0.3, 0.4) is 0 Å². The van der Waals surface area contributed by atoms with Crippen LogP contribution in [-0.2, 0) is 4.74 Å². The Kier molecular flexibility index (Phi) is 4.31. The molecule has 1 N–H and O–H groups in total. The maximum atomic E-state index is 11.4. The highest BCUT2D eigenvalue weighted by Gasteiger charge is 2.17. The van der Waals surface area contributed by atoms with E-state index in [1.807, 2.05) is 22.6 Å². The number of anilines is 1. The Bertz CT molecular complexity index is 406. The van der Waals surface area contributed by atoms with Crippen LogP contribution in [0.4, 0.5) is 10.7 Å². The van der Waals surface area contributed by atoms with E-state index in [0.29, 0.717) is 8.72 Å². The number of rotatable bonds is 1. The highest BCUT2D eigenvalue weighted by Crippen LogP contribution is 2.16. The van der Waals surface area contributed by atoms with Crippen LogP contribution in [0.25, 0.3) is 0 Å². The molecule has 88 valence electrons. The summed E-state index contributed by atoms with van der Waals surface area (Å²) in [6.07, 6.45) is 0.910. The molecule has 0 fully saturated rings. The quantitative estimate of drug-likeness (QED) is 0.621. The Hall–Kier alpha value is -0.630. The van der Waals surface area contributed by atoms with E-state index in [2.05, 4.69) is 15.3 Å². The molecule has 7 heteroatoms. The first-order chi connectivity index (χ1) is 7.28. The maximum absolute atomic E-state index is 11.4. The van der Waals surface area contributed by atoms with Crippen molar-refractivity contribution in [2.75, 3.05) is 5.32 Å². The van der Waals surface area contributed by atoms with Crippen molar-refractivity contribution in [2.24, 2.45) is 0 Å². The molecule has 0 spiro atoms. The molecule has 0 bridgehead atoms. The molecule has 1 amide bonds. The molecule has 0 aliphatic heterocycles. The van der Waals surface area contributed by atoms with Crippen molar-refractivity contribution in [3.63, 3.8) is 0 Å². The molecule has 1 heterocycles. The average molecular weight is 356 g/mol. The van der Waals surface area contributed by atoms with Crippen LogP contribution in [0.2, 0.25) is 5.15 Å². The first kappa shape index (κ1) is 13.4. The highest BCUT2D eigenvalue weighted by atomic mass is 127. The van der Waals surface area contributed by atoms with E-state index in [9.17, 15) is 4.79 Å². The summed E-state index contributed by atoms with van der Waals surface area (Å²) in [5.74, 6) is 0.125. The summed E-state index contributed by atoms with van der Waals surface area (Å²) in [6.45, 7) is 5.32. The summed E-state index contributed by atoms with van der Waals surface area (Å²) >= 11 is 7.78. The zero-order valence-electron chi connectivity index (χ0n) is 9.04. The fourth-order valence-electron chi connectivity index (χ4n) is 0.801. The second kappa shape index (κ2) is 5.13. The number of carbonyl (C=O) groups excluding carboxylic acids is 1.